The molecule has 0 amide bonds. The Balaban J connectivity index is 1.78. The maximum atomic E-state index is 11.5. The number of rotatable bonds is 6. The predicted molar refractivity (Wildman–Crippen MR) is 106 cm³/mol. The average Bonchev–Trinajstić information content (AvgIpc) is 2.65. The molecule has 5 nitrogen and oxygen atoms in total. The fraction of sp³-hybridized carbons (Fsp3) is 0.200. The van der Waals surface area contributed by atoms with E-state index >= 15 is 0 Å². The van der Waals surface area contributed by atoms with Crippen molar-refractivity contribution in [2.24, 2.45) is 0 Å². The molecule has 0 fully saturated rings. The monoisotopic (exact) mass is 367 g/mol. The van der Waals surface area contributed by atoms with Gasteiger partial charge in [-0.05, 0) is 62.4 Å². The number of carbonyl (C=O) groups excluding carboxylic acids is 1. The van der Waals surface area contributed by atoms with Crippen LogP contribution in [0, 0.1) is 0 Å². The van der Waals surface area contributed by atoms with Gasteiger partial charge < -0.3 is 14.4 Å². The molecule has 3 aromatic rings. The molecular weight excluding hydrogens is 346 g/mol. The fourth-order valence-electron chi connectivity index (χ4n) is 2.57. The van der Waals surface area contributed by atoms with Gasteiger partial charge in [-0.25, -0.2) is 9.78 Å². The number of hydrogen-bond acceptors (Lipinski definition) is 6. The third kappa shape index (κ3) is 4.33. The molecule has 0 aliphatic rings. The Hall–Kier alpha value is -2.57. The van der Waals surface area contributed by atoms with Crippen molar-refractivity contribution >= 4 is 34.5 Å². The maximum Gasteiger partial charge on any atom is 0.337 e. The lowest BCUT2D eigenvalue weighted by Gasteiger charge is -2.12. The van der Waals surface area contributed by atoms with Gasteiger partial charge in [0.1, 0.15) is 0 Å². The van der Waals surface area contributed by atoms with Gasteiger partial charge >= 0.3 is 5.97 Å². The lowest BCUT2D eigenvalue weighted by molar-refractivity contribution is 0.0600. The van der Waals surface area contributed by atoms with Crippen LogP contribution in [0.1, 0.15) is 16.1 Å². The molecule has 0 aliphatic carbocycles. The Morgan fingerprint density at radius 1 is 1.12 bits per heavy atom. The van der Waals surface area contributed by atoms with Crippen molar-refractivity contribution in [2.45, 2.75) is 11.4 Å². The van der Waals surface area contributed by atoms with Crippen LogP contribution in [0.2, 0.25) is 0 Å². The predicted octanol–water partition coefficient (Wildman–Crippen LogP) is 4.20. The molecule has 1 aromatic heterocycles. The van der Waals surface area contributed by atoms with E-state index in [2.05, 4.69) is 27.8 Å². The first kappa shape index (κ1) is 18.2. The number of fused-ring (bicyclic) bond motifs is 1. The Kier molecular flexibility index (Phi) is 5.75. The van der Waals surface area contributed by atoms with Gasteiger partial charge in [0.15, 0.2) is 0 Å². The summed E-state index contributed by atoms with van der Waals surface area (Å²) in [7, 11) is 5.44. The number of methoxy groups -OCH3 is 1. The van der Waals surface area contributed by atoms with E-state index in [9.17, 15) is 4.79 Å². The second kappa shape index (κ2) is 8.21. The molecule has 0 spiro atoms. The van der Waals surface area contributed by atoms with E-state index in [1.165, 1.54) is 19.1 Å². The van der Waals surface area contributed by atoms with Crippen LogP contribution in [0.25, 0.3) is 10.9 Å². The van der Waals surface area contributed by atoms with Crippen molar-refractivity contribution in [1.29, 1.82) is 0 Å². The number of ether oxygens (including phenoxy) is 1. The SMILES string of the molecule is COC(=O)c1ccc(SNc2cccc3ccc(CN(C)C)nc23)cc1. The summed E-state index contributed by atoms with van der Waals surface area (Å²) in [6.45, 7) is 0.798. The van der Waals surface area contributed by atoms with Gasteiger partial charge in [-0.3, -0.25) is 0 Å². The number of benzene rings is 2. The zero-order valence-electron chi connectivity index (χ0n) is 15.0. The van der Waals surface area contributed by atoms with Crippen molar-refractivity contribution in [3.8, 4) is 0 Å². The maximum absolute atomic E-state index is 11.5. The number of anilines is 1. The third-order valence-electron chi connectivity index (χ3n) is 3.81. The van der Waals surface area contributed by atoms with Gasteiger partial charge in [0.2, 0.25) is 0 Å². The van der Waals surface area contributed by atoms with Crippen LogP contribution in [0.4, 0.5) is 5.69 Å². The fourth-order valence-corrected chi connectivity index (χ4v) is 3.24. The number of nitrogens with zero attached hydrogens (tertiary/aromatic N) is 2. The van der Waals surface area contributed by atoms with Crippen LogP contribution in [0.5, 0.6) is 0 Å². The first-order valence-corrected chi connectivity index (χ1v) is 9.03. The summed E-state index contributed by atoms with van der Waals surface area (Å²) in [6, 6.07) is 17.5. The molecule has 0 saturated carbocycles. The van der Waals surface area contributed by atoms with Crippen molar-refractivity contribution in [1.82, 2.24) is 9.88 Å². The number of hydrogen-bond donors (Lipinski definition) is 1. The molecule has 1 N–H and O–H groups in total. The summed E-state index contributed by atoms with van der Waals surface area (Å²) in [6.07, 6.45) is 0. The Morgan fingerprint density at radius 3 is 2.58 bits per heavy atom. The highest BCUT2D eigenvalue weighted by molar-refractivity contribution is 8.00. The van der Waals surface area contributed by atoms with E-state index < -0.39 is 0 Å². The molecule has 1 heterocycles. The number of aromatic nitrogens is 1. The van der Waals surface area contributed by atoms with E-state index in [0.717, 1.165) is 33.7 Å². The highest BCUT2D eigenvalue weighted by Crippen LogP contribution is 2.27. The Labute approximate surface area is 157 Å². The molecule has 134 valence electrons. The number of carbonyl (C=O) groups is 1. The summed E-state index contributed by atoms with van der Waals surface area (Å²) in [5, 5.41) is 1.10. The van der Waals surface area contributed by atoms with Crippen LogP contribution in [0.15, 0.2) is 59.5 Å². The highest BCUT2D eigenvalue weighted by Gasteiger charge is 2.07. The second-order valence-corrected chi connectivity index (χ2v) is 7.02. The number of nitrogens with one attached hydrogen (secondary N) is 1. The van der Waals surface area contributed by atoms with Crippen LogP contribution >= 0.6 is 11.9 Å². The largest absolute Gasteiger partial charge is 0.465 e. The van der Waals surface area contributed by atoms with Gasteiger partial charge in [0.25, 0.3) is 0 Å². The van der Waals surface area contributed by atoms with Crippen LogP contribution in [0.3, 0.4) is 0 Å². The molecule has 0 saturated heterocycles. The molecule has 0 radical (unpaired) electrons. The topological polar surface area (TPSA) is 54.5 Å². The zero-order valence-corrected chi connectivity index (χ0v) is 15.8. The standard InChI is InChI=1S/C20H21N3O2S/c1-23(2)13-16-10-7-14-5-4-6-18(19(14)21-16)22-26-17-11-8-15(9-12-17)20(24)25-3/h4-12,22H,13H2,1-3H3. The second-order valence-electron chi connectivity index (χ2n) is 6.14. The van der Waals surface area contributed by atoms with Crippen molar-refractivity contribution in [3.05, 3.63) is 65.9 Å². The zero-order chi connectivity index (χ0) is 18.5. The summed E-state index contributed by atoms with van der Waals surface area (Å²) in [5.74, 6) is -0.332. The first-order valence-electron chi connectivity index (χ1n) is 8.21. The third-order valence-corrected chi connectivity index (χ3v) is 4.64. The minimum atomic E-state index is -0.332. The van der Waals surface area contributed by atoms with Crippen molar-refractivity contribution in [3.63, 3.8) is 0 Å². The van der Waals surface area contributed by atoms with Crippen molar-refractivity contribution < 1.29 is 9.53 Å². The molecule has 26 heavy (non-hydrogen) atoms. The molecule has 2 aromatic carbocycles. The van der Waals surface area contributed by atoms with Gasteiger partial charge in [0, 0.05) is 16.8 Å². The Morgan fingerprint density at radius 2 is 1.88 bits per heavy atom. The van der Waals surface area contributed by atoms with Crippen LogP contribution in [-0.2, 0) is 11.3 Å². The van der Waals surface area contributed by atoms with E-state index in [1.807, 2.05) is 38.4 Å². The van der Waals surface area contributed by atoms with Gasteiger partial charge in [0.05, 0.1) is 29.6 Å². The van der Waals surface area contributed by atoms with E-state index in [-0.39, 0.29) is 5.97 Å². The van der Waals surface area contributed by atoms with Crippen molar-refractivity contribution in [2.75, 3.05) is 25.9 Å². The quantitative estimate of drug-likeness (QED) is 0.520. The smallest absolute Gasteiger partial charge is 0.337 e. The molecular formula is C20H21N3O2S. The first-order chi connectivity index (χ1) is 12.6. The minimum absolute atomic E-state index is 0.332. The molecule has 0 atom stereocenters. The molecule has 0 aliphatic heterocycles. The molecule has 0 bridgehead atoms. The number of para-hydroxylation sites is 1. The van der Waals surface area contributed by atoms with Gasteiger partial charge in [-0.1, -0.05) is 18.2 Å². The molecule has 3 rings (SSSR count). The lowest BCUT2D eigenvalue weighted by atomic mass is 10.2. The molecule has 0 unspecified atom stereocenters. The number of pyridine rings is 1. The Bertz CT molecular complexity index is 911. The summed E-state index contributed by atoms with van der Waals surface area (Å²) >= 11 is 1.48. The van der Waals surface area contributed by atoms with E-state index in [0.29, 0.717) is 5.56 Å². The van der Waals surface area contributed by atoms with Gasteiger partial charge in [-0.15, -0.1) is 0 Å². The van der Waals surface area contributed by atoms with E-state index in [1.54, 1.807) is 12.1 Å². The van der Waals surface area contributed by atoms with E-state index in [4.69, 9.17) is 9.72 Å². The summed E-state index contributed by atoms with van der Waals surface area (Å²) in [5.41, 5.74) is 3.48. The normalized spacial score (nSPS) is 10.9. The summed E-state index contributed by atoms with van der Waals surface area (Å²) in [4.78, 5) is 19.4. The lowest BCUT2D eigenvalue weighted by Crippen LogP contribution is -2.11. The van der Waals surface area contributed by atoms with Crippen LogP contribution < -0.4 is 4.72 Å². The molecule has 6 heteroatoms. The minimum Gasteiger partial charge on any atom is -0.465 e. The summed E-state index contributed by atoms with van der Waals surface area (Å²) < 4.78 is 8.09. The number of esters is 1. The van der Waals surface area contributed by atoms with Crippen LogP contribution in [-0.4, -0.2) is 37.1 Å². The average molecular weight is 367 g/mol. The van der Waals surface area contributed by atoms with Gasteiger partial charge in [-0.2, -0.15) is 0 Å². The highest BCUT2D eigenvalue weighted by atomic mass is 32.2.